The number of benzene rings is 1. The monoisotopic (exact) mass is 443 g/mol. The number of carbonyl (C=O) groups excluding carboxylic acids is 1. The summed E-state index contributed by atoms with van der Waals surface area (Å²) in [6.45, 7) is 9.61. The number of rotatable bonds is 7. The Morgan fingerprint density at radius 3 is 2.58 bits per heavy atom. The van der Waals surface area contributed by atoms with Crippen LogP contribution in [-0.4, -0.2) is 34.9 Å². The fourth-order valence-corrected chi connectivity index (χ4v) is 4.32. The Morgan fingerprint density at radius 2 is 1.94 bits per heavy atom. The molecular weight excluding hydrogens is 414 g/mol. The number of H-pyrrole nitrogens is 1. The minimum atomic E-state index is -0.668. The number of para-hydroxylation sites is 1. The summed E-state index contributed by atoms with van der Waals surface area (Å²) < 4.78 is 11.1. The second kappa shape index (κ2) is 9.60. The predicted molar refractivity (Wildman–Crippen MR) is 123 cm³/mol. The van der Waals surface area contributed by atoms with Crippen molar-refractivity contribution < 1.29 is 14.3 Å². The van der Waals surface area contributed by atoms with Crippen LogP contribution >= 0.6 is 11.8 Å². The Labute approximate surface area is 186 Å². The summed E-state index contributed by atoms with van der Waals surface area (Å²) in [4.78, 5) is 33.9. The Hall–Kier alpha value is -2.74. The maximum atomic E-state index is 13.2. The van der Waals surface area contributed by atoms with Crippen LogP contribution in [0.5, 0.6) is 5.75 Å². The standard InChI is InChI=1S/C23H29N3O4S/c1-12(2)11-31-23-25-20-19(21(27)26-23)18(15-9-7-8-10-16(15)29-6)17(14(5)24-20)22(28)30-13(3)4/h7-10,12-13,18H,11H2,1-6H3,(H2,24,25,26,27). The molecule has 2 aromatic rings. The first-order valence-electron chi connectivity index (χ1n) is 10.3. The predicted octanol–water partition coefficient (Wildman–Crippen LogP) is 4.31. The molecule has 31 heavy (non-hydrogen) atoms. The topological polar surface area (TPSA) is 93.3 Å². The molecule has 1 atom stereocenters. The Kier molecular flexibility index (Phi) is 7.10. The van der Waals surface area contributed by atoms with Crippen LogP contribution in [0.25, 0.3) is 0 Å². The largest absolute Gasteiger partial charge is 0.496 e. The average Bonchev–Trinajstić information content (AvgIpc) is 2.70. The number of nitrogens with one attached hydrogen (secondary N) is 2. The zero-order valence-electron chi connectivity index (χ0n) is 18.7. The first kappa shape index (κ1) is 22.9. The van der Waals surface area contributed by atoms with Gasteiger partial charge < -0.3 is 19.8 Å². The SMILES string of the molecule is COc1ccccc1C1C(C(=O)OC(C)C)=C(C)Nc2nc(SCC(C)C)[nH]c(=O)c21. The molecule has 0 saturated carbocycles. The molecule has 1 aromatic carbocycles. The fraction of sp³-hybridized carbons (Fsp3) is 0.435. The molecule has 0 bridgehead atoms. The van der Waals surface area contributed by atoms with Crippen molar-refractivity contribution in [2.24, 2.45) is 5.92 Å². The Bertz CT molecular complexity index is 1060. The van der Waals surface area contributed by atoms with E-state index >= 15 is 0 Å². The van der Waals surface area contributed by atoms with Crippen LogP contribution in [0.3, 0.4) is 0 Å². The van der Waals surface area contributed by atoms with E-state index in [9.17, 15) is 9.59 Å². The molecule has 0 spiro atoms. The highest BCUT2D eigenvalue weighted by atomic mass is 32.2. The molecule has 0 aliphatic carbocycles. The molecule has 1 aliphatic heterocycles. The van der Waals surface area contributed by atoms with Crippen molar-refractivity contribution >= 4 is 23.5 Å². The maximum Gasteiger partial charge on any atom is 0.337 e. The third-order valence-electron chi connectivity index (χ3n) is 4.79. The van der Waals surface area contributed by atoms with E-state index in [1.165, 1.54) is 11.8 Å². The first-order valence-corrected chi connectivity index (χ1v) is 11.3. The van der Waals surface area contributed by atoms with Crippen LogP contribution in [0.2, 0.25) is 0 Å². The van der Waals surface area contributed by atoms with E-state index in [4.69, 9.17) is 9.47 Å². The van der Waals surface area contributed by atoms with Gasteiger partial charge in [0.05, 0.1) is 30.3 Å². The molecule has 2 heterocycles. The van der Waals surface area contributed by atoms with E-state index in [1.807, 2.05) is 24.3 Å². The number of nitrogens with zero attached hydrogens (tertiary/aromatic N) is 1. The lowest BCUT2D eigenvalue weighted by Crippen LogP contribution is -2.32. The van der Waals surface area contributed by atoms with Gasteiger partial charge in [0.2, 0.25) is 0 Å². The molecule has 166 valence electrons. The zero-order chi connectivity index (χ0) is 22.7. The molecule has 3 rings (SSSR count). The molecule has 1 aromatic heterocycles. The van der Waals surface area contributed by atoms with Gasteiger partial charge in [-0.3, -0.25) is 4.79 Å². The summed E-state index contributed by atoms with van der Waals surface area (Å²) in [5.41, 5.74) is 1.77. The van der Waals surface area contributed by atoms with Crippen molar-refractivity contribution in [1.82, 2.24) is 9.97 Å². The van der Waals surface area contributed by atoms with Crippen LogP contribution < -0.4 is 15.6 Å². The molecule has 7 nitrogen and oxygen atoms in total. The minimum absolute atomic E-state index is 0.290. The van der Waals surface area contributed by atoms with Crippen LogP contribution in [0, 0.1) is 5.92 Å². The summed E-state index contributed by atoms with van der Waals surface area (Å²) in [5.74, 6) is 1.18. The van der Waals surface area contributed by atoms with Gasteiger partial charge in [-0.15, -0.1) is 0 Å². The summed E-state index contributed by atoms with van der Waals surface area (Å²) in [6, 6.07) is 7.37. The highest BCUT2D eigenvalue weighted by Crippen LogP contribution is 2.43. The van der Waals surface area contributed by atoms with E-state index < -0.39 is 11.9 Å². The van der Waals surface area contributed by atoms with Gasteiger partial charge in [-0.05, 0) is 32.8 Å². The smallest absolute Gasteiger partial charge is 0.337 e. The molecule has 1 unspecified atom stereocenters. The number of carbonyl (C=O) groups is 1. The van der Waals surface area contributed by atoms with E-state index in [1.54, 1.807) is 27.9 Å². The number of thioether (sulfide) groups is 1. The van der Waals surface area contributed by atoms with Crippen LogP contribution in [0.1, 0.15) is 51.7 Å². The number of esters is 1. The number of anilines is 1. The van der Waals surface area contributed by atoms with Gasteiger partial charge in [0.15, 0.2) is 5.16 Å². The molecule has 2 N–H and O–H groups in total. The van der Waals surface area contributed by atoms with Gasteiger partial charge in [0.25, 0.3) is 5.56 Å². The van der Waals surface area contributed by atoms with Gasteiger partial charge in [-0.2, -0.15) is 0 Å². The second-order valence-corrected chi connectivity index (χ2v) is 9.14. The van der Waals surface area contributed by atoms with Crippen molar-refractivity contribution in [1.29, 1.82) is 0 Å². The minimum Gasteiger partial charge on any atom is -0.496 e. The quantitative estimate of drug-likeness (QED) is 0.374. The second-order valence-electron chi connectivity index (χ2n) is 8.13. The van der Waals surface area contributed by atoms with E-state index in [2.05, 4.69) is 29.1 Å². The number of allylic oxidation sites excluding steroid dienone is 1. The lowest BCUT2D eigenvalue weighted by molar-refractivity contribution is -0.143. The number of aromatic nitrogens is 2. The number of hydrogen-bond donors (Lipinski definition) is 2. The van der Waals surface area contributed by atoms with Gasteiger partial charge in [0, 0.05) is 17.0 Å². The number of methoxy groups -OCH3 is 1. The molecule has 0 radical (unpaired) electrons. The summed E-state index contributed by atoms with van der Waals surface area (Å²) in [6.07, 6.45) is -0.293. The van der Waals surface area contributed by atoms with Crippen molar-refractivity contribution in [2.75, 3.05) is 18.2 Å². The van der Waals surface area contributed by atoms with Crippen molar-refractivity contribution in [2.45, 2.75) is 51.8 Å². The zero-order valence-corrected chi connectivity index (χ0v) is 19.6. The number of ether oxygens (including phenoxy) is 2. The highest BCUT2D eigenvalue weighted by Gasteiger charge is 2.38. The third kappa shape index (κ3) is 4.95. The number of aromatic amines is 1. The van der Waals surface area contributed by atoms with Crippen molar-refractivity contribution in [3.05, 3.63) is 57.0 Å². The molecular formula is C23H29N3O4S. The summed E-state index contributed by atoms with van der Waals surface area (Å²) in [5, 5.41) is 3.71. The lowest BCUT2D eigenvalue weighted by Gasteiger charge is -2.30. The van der Waals surface area contributed by atoms with E-state index in [-0.39, 0.29) is 11.7 Å². The Morgan fingerprint density at radius 1 is 1.23 bits per heavy atom. The Balaban J connectivity index is 2.20. The third-order valence-corrected chi connectivity index (χ3v) is 6.09. The molecule has 0 saturated heterocycles. The molecule has 0 amide bonds. The van der Waals surface area contributed by atoms with E-state index in [0.717, 1.165) is 5.75 Å². The van der Waals surface area contributed by atoms with Crippen LogP contribution in [0.4, 0.5) is 5.82 Å². The fourth-order valence-electron chi connectivity index (χ4n) is 3.51. The maximum absolute atomic E-state index is 13.2. The average molecular weight is 444 g/mol. The van der Waals surface area contributed by atoms with Crippen molar-refractivity contribution in [3.8, 4) is 5.75 Å². The first-order chi connectivity index (χ1) is 14.7. The molecule has 0 fully saturated rings. The van der Waals surface area contributed by atoms with Crippen LogP contribution in [0.15, 0.2) is 45.5 Å². The molecule has 1 aliphatic rings. The lowest BCUT2D eigenvalue weighted by atomic mass is 9.82. The normalized spacial score (nSPS) is 15.7. The van der Waals surface area contributed by atoms with Gasteiger partial charge in [0.1, 0.15) is 11.6 Å². The highest BCUT2D eigenvalue weighted by molar-refractivity contribution is 7.99. The summed E-state index contributed by atoms with van der Waals surface area (Å²) >= 11 is 1.50. The summed E-state index contributed by atoms with van der Waals surface area (Å²) in [7, 11) is 1.57. The number of hydrogen-bond acceptors (Lipinski definition) is 7. The van der Waals surface area contributed by atoms with Gasteiger partial charge in [-0.1, -0.05) is 43.8 Å². The van der Waals surface area contributed by atoms with Crippen molar-refractivity contribution in [3.63, 3.8) is 0 Å². The number of fused-ring (bicyclic) bond motifs is 1. The van der Waals surface area contributed by atoms with Crippen LogP contribution in [-0.2, 0) is 9.53 Å². The van der Waals surface area contributed by atoms with E-state index in [0.29, 0.717) is 45.0 Å². The molecule has 8 heteroatoms. The van der Waals surface area contributed by atoms with Gasteiger partial charge in [-0.25, -0.2) is 9.78 Å². The van der Waals surface area contributed by atoms with Gasteiger partial charge >= 0.3 is 5.97 Å².